The van der Waals surface area contributed by atoms with Crippen molar-refractivity contribution < 1.29 is 30.7 Å². The lowest BCUT2D eigenvalue weighted by molar-refractivity contribution is -0.360. The van der Waals surface area contributed by atoms with Gasteiger partial charge in [-0.15, -0.1) is 0 Å². The zero-order chi connectivity index (χ0) is 19.2. The number of aromatic amines is 1. The molecule has 0 bridgehead atoms. The molecule has 4 nitrogen and oxygen atoms in total. The van der Waals surface area contributed by atoms with Crippen LogP contribution in [0.1, 0.15) is 5.69 Å². The quantitative estimate of drug-likeness (QED) is 0.816. The van der Waals surface area contributed by atoms with Gasteiger partial charge in [0, 0.05) is 11.1 Å². The van der Waals surface area contributed by atoms with E-state index in [1.807, 2.05) is 0 Å². The minimum Gasteiger partial charge on any atom is -0.305 e. The van der Waals surface area contributed by atoms with E-state index in [2.05, 4.69) is 0 Å². The van der Waals surface area contributed by atoms with Gasteiger partial charge in [0.2, 0.25) is 0 Å². The fourth-order valence-corrected chi connectivity index (χ4v) is 2.06. The second-order valence-corrected chi connectivity index (χ2v) is 5.22. The Morgan fingerprint density at radius 2 is 1.56 bits per heavy atom. The third-order valence-electron chi connectivity index (χ3n) is 3.09. The summed E-state index contributed by atoms with van der Waals surface area (Å²) in [7, 11) is 0. The molecule has 0 saturated heterocycles. The summed E-state index contributed by atoms with van der Waals surface area (Å²) in [6.07, 6.45) is -6.60. The van der Waals surface area contributed by atoms with Crippen LogP contribution in [0.4, 0.5) is 30.7 Å². The number of H-pyrrole nitrogens is 1. The number of benzene rings is 1. The molecule has 136 valence electrons. The Morgan fingerprint density at radius 1 is 0.960 bits per heavy atom. The van der Waals surface area contributed by atoms with Crippen LogP contribution in [0.25, 0.3) is 5.69 Å². The van der Waals surface area contributed by atoms with Gasteiger partial charge >= 0.3 is 23.7 Å². The molecule has 0 saturated carbocycles. The lowest BCUT2D eigenvalue weighted by atomic mass is 10.1. The lowest BCUT2D eigenvalue weighted by Crippen LogP contribution is -2.51. The Morgan fingerprint density at radius 3 is 2.04 bits per heavy atom. The Kier molecular flexibility index (Phi) is 4.49. The van der Waals surface area contributed by atoms with Crippen LogP contribution in [-0.2, 0) is 5.92 Å². The van der Waals surface area contributed by atoms with Gasteiger partial charge < -0.3 is 4.98 Å². The molecule has 12 heteroatoms. The van der Waals surface area contributed by atoms with Crippen LogP contribution in [0.3, 0.4) is 0 Å². The SMILES string of the molecule is O=c1cc(C(F)(F)C(F)(F)C(F)(F)F)[nH]c(=O)n1-c1cccc(Cl)c1. The number of nitrogens with one attached hydrogen (secondary N) is 1. The van der Waals surface area contributed by atoms with E-state index < -0.39 is 35.0 Å². The van der Waals surface area contributed by atoms with E-state index in [4.69, 9.17) is 11.6 Å². The molecule has 0 fully saturated rings. The molecular weight excluding hydrogens is 385 g/mol. The van der Waals surface area contributed by atoms with Gasteiger partial charge in [0.15, 0.2) is 0 Å². The minimum absolute atomic E-state index is 0.0572. The molecule has 2 rings (SSSR count). The van der Waals surface area contributed by atoms with Crippen molar-refractivity contribution >= 4 is 11.6 Å². The van der Waals surface area contributed by atoms with E-state index in [-0.39, 0.29) is 21.3 Å². The van der Waals surface area contributed by atoms with Gasteiger partial charge in [-0.1, -0.05) is 17.7 Å². The van der Waals surface area contributed by atoms with Crippen LogP contribution in [0, 0.1) is 0 Å². The highest BCUT2D eigenvalue weighted by atomic mass is 35.5. The molecule has 2 aromatic rings. The molecule has 0 amide bonds. The summed E-state index contributed by atoms with van der Waals surface area (Å²) < 4.78 is 90.0. The molecular formula is C13H6ClF7N2O2. The van der Waals surface area contributed by atoms with E-state index in [0.29, 0.717) is 0 Å². The molecule has 1 aromatic heterocycles. The number of hydrogen-bond acceptors (Lipinski definition) is 2. The first kappa shape index (κ1) is 19.0. The van der Waals surface area contributed by atoms with Crippen LogP contribution < -0.4 is 11.2 Å². The van der Waals surface area contributed by atoms with Crippen LogP contribution in [0.15, 0.2) is 39.9 Å². The normalized spacial score (nSPS) is 13.1. The van der Waals surface area contributed by atoms with E-state index in [0.717, 1.165) is 6.07 Å². The van der Waals surface area contributed by atoms with Crippen molar-refractivity contribution in [3.63, 3.8) is 0 Å². The smallest absolute Gasteiger partial charge is 0.305 e. The molecule has 0 spiro atoms. The van der Waals surface area contributed by atoms with Crippen molar-refractivity contribution in [3.05, 3.63) is 61.9 Å². The van der Waals surface area contributed by atoms with Crippen molar-refractivity contribution in [2.75, 3.05) is 0 Å². The van der Waals surface area contributed by atoms with Gasteiger partial charge in [-0.2, -0.15) is 30.7 Å². The Labute approximate surface area is 138 Å². The van der Waals surface area contributed by atoms with Crippen molar-refractivity contribution in [2.45, 2.75) is 18.0 Å². The first-order valence-corrected chi connectivity index (χ1v) is 6.62. The maximum absolute atomic E-state index is 13.6. The van der Waals surface area contributed by atoms with E-state index in [1.54, 1.807) is 0 Å². The third kappa shape index (κ3) is 3.15. The highest BCUT2D eigenvalue weighted by Gasteiger charge is 2.74. The zero-order valence-corrected chi connectivity index (χ0v) is 12.4. The molecule has 25 heavy (non-hydrogen) atoms. The predicted octanol–water partition coefficient (Wildman–Crippen LogP) is 3.47. The van der Waals surface area contributed by atoms with Crippen molar-refractivity contribution in [3.8, 4) is 5.69 Å². The number of hydrogen-bond donors (Lipinski definition) is 1. The number of halogens is 8. The van der Waals surface area contributed by atoms with Crippen LogP contribution >= 0.6 is 11.6 Å². The molecule has 1 heterocycles. The molecule has 0 radical (unpaired) electrons. The van der Waals surface area contributed by atoms with E-state index in [1.165, 1.54) is 23.2 Å². The molecule has 0 unspecified atom stereocenters. The number of nitrogens with zero attached hydrogens (tertiary/aromatic N) is 1. The standard InChI is InChI=1S/C13H6ClF7N2O2/c14-6-2-1-3-7(4-6)23-9(24)5-8(22-10(23)25)11(15,16)12(17,18)13(19,20)21/h1-5H,(H,22,25). The maximum atomic E-state index is 13.6. The molecule has 1 aromatic carbocycles. The average Bonchev–Trinajstić information content (AvgIpc) is 2.45. The fraction of sp³-hybridized carbons (Fsp3) is 0.231. The van der Waals surface area contributed by atoms with Crippen LogP contribution in [0.2, 0.25) is 5.02 Å². The van der Waals surface area contributed by atoms with Crippen molar-refractivity contribution in [2.24, 2.45) is 0 Å². The van der Waals surface area contributed by atoms with Crippen LogP contribution in [0.5, 0.6) is 0 Å². The van der Waals surface area contributed by atoms with Gasteiger partial charge in [-0.25, -0.2) is 9.36 Å². The van der Waals surface area contributed by atoms with Gasteiger partial charge in [-0.05, 0) is 18.2 Å². The van der Waals surface area contributed by atoms with E-state index in [9.17, 15) is 40.3 Å². The molecule has 0 atom stereocenters. The number of rotatable bonds is 3. The van der Waals surface area contributed by atoms with Gasteiger partial charge in [0.05, 0.1) is 5.69 Å². The van der Waals surface area contributed by atoms with E-state index >= 15 is 0 Å². The summed E-state index contributed by atoms with van der Waals surface area (Å²) in [4.78, 5) is 24.8. The molecule has 0 aliphatic heterocycles. The van der Waals surface area contributed by atoms with Gasteiger partial charge in [0.25, 0.3) is 5.56 Å². The molecule has 0 aliphatic carbocycles. The Hall–Kier alpha value is -2.30. The lowest BCUT2D eigenvalue weighted by Gasteiger charge is -2.27. The zero-order valence-electron chi connectivity index (χ0n) is 11.7. The summed E-state index contributed by atoms with van der Waals surface area (Å²) >= 11 is 5.64. The molecule has 0 aliphatic rings. The summed E-state index contributed by atoms with van der Waals surface area (Å²) in [6.45, 7) is 0. The van der Waals surface area contributed by atoms with Crippen LogP contribution in [-0.4, -0.2) is 21.6 Å². The average molecular weight is 391 g/mol. The summed E-state index contributed by atoms with van der Waals surface area (Å²) in [5, 5.41) is 0.0572. The Bertz CT molecular complexity index is 886. The second kappa shape index (κ2) is 5.90. The predicted molar refractivity (Wildman–Crippen MR) is 72.6 cm³/mol. The third-order valence-corrected chi connectivity index (χ3v) is 3.32. The maximum Gasteiger partial charge on any atom is 0.460 e. The highest BCUT2D eigenvalue weighted by Crippen LogP contribution is 2.50. The minimum atomic E-state index is -6.60. The number of alkyl halides is 7. The number of aromatic nitrogens is 2. The monoisotopic (exact) mass is 390 g/mol. The summed E-state index contributed by atoms with van der Waals surface area (Å²) in [5.41, 5.74) is -5.54. The molecule has 1 N–H and O–H groups in total. The van der Waals surface area contributed by atoms with Gasteiger partial charge in [0.1, 0.15) is 5.69 Å². The van der Waals surface area contributed by atoms with Crippen molar-refractivity contribution in [1.29, 1.82) is 0 Å². The first-order valence-electron chi connectivity index (χ1n) is 6.24. The fourth-order valence-electron chi connectivity index (χ4n) is 1.87. The largest absolute Gasteiger partial charge is 0.460 e. The second-order valence-electron chi connectivity index (χ2n) is 4.79. The highest BCUT2D eigenvalue weighted by molar-refractivity contribution is 6.30. The topological polar surface area (TPSA) is 54.9 Å². The summed E-state index contributed by atoms with van der Waals surface area (Å²) in [6, 6.07) is 4.70. The Balaban J connectivity index is 2.65. The summed E-state index contributed by atoms with van der Waals surface area (Å²) in [5.74, 6) is -12.4. The van der Waals surface area contributed by atoms with Gasteiger partial charge in [-0.3, -0.25) is 4.79 Å². The first-order chi connectivity index (χ1) is 11.3. The van der Waals surface area contributed by atoms with Crippen molar-refractivity contribution in [1.82, 2.24) is 9.55 Å².